The number of hydrogen-bond acceptors (Lipinski definition) is 4. The summed E-state index contributed by atoms with van der Waals surface area (Å²) in [6.07, 6.45) is 0. The van der Waals surface area contributed by atoms with Crippen LogP contribution in [-0.4, -0.2) is 18.4 Å². The fourth-order valence-corrected chi connectivity index (χ4v) is 3.21. The summed E-state index contributed by atoms with van der Waals surface area (Å²) in [4.78, 5) is 24.9. The molecule has 3 rings (SSSR count). The van der Waals surface area contributed by atoms with Crippen LogP contribution < -0.4 is 15.4 Å². The molecule has 1 aromatic heterocycles. The van der Waals surface area contributed by atoms with Crippen LogP contribution >= 0.6 is 22.9 Å². The highest BCUT2D eigenvalue weighted by Gasteiger charge is 2.16. The van der Waals surface area contributed by atoms with Gasteiger partial charge in [-0.1, -0.05) is 23.7 Å². The van der Waals surface area contributed by atoms with Gasteiger partial charge in [-0.15, -0.1) is 0 Å². The smallest absolute Gasteiger partial charge is 0.387 e. The fraction of sp³-hybridized carbons (Fsp3) is 0.0526. The number of carbonyl (C=O) groups is 2. The van der Waals surface area contributed by atoms with Crippen LogP contribution in [-0.2, 0) is 0 Å². The molecule has 0 unspecified atom stereocenters. The number of ether oxygens (including phenoxy) is 1. The largest absolute Gasteiger partial charge is 0.433 e. The van der Waals surface area contributed by atoms with Gasteiger partial charge in [0.1, 0.15) is 5.75 Å². The summed E-state index contributed by atoms with van der Waals surface area (Å²) in [5.74, 6) is -1.03. The number of rotatable bonds is 6. The molecule has 0 saturated carbocycles. The van der Waals surface area contributed by atoms with E-state index >= 15 is 0 Å². The van der Waals surface area contributed by atoms with Crippen molar-refractivity contribution < 1.29 is 23.1 Å². The van der Waals surface area contributed by atoms with Crippen molar-refractivity contribution in [2.24, 2.45) is 0 Å². The topological polar surface area (TPSA) is 67.4 Å². The van der Waals surface area contributed by atoms with Crippen LogP contribution in [0.15, 0.2) is 59.3 Å². The van der Waals surface area contributed by atoms with Gasteiger partial charge in [0.15, 0.2) is 0 Å². The summed E-state index contributed by atoms with van der Waals surface area (Å²) in [5.41, 5.74) is 1.34. The van der Waals surface area contributed by atoms with Crippen molar-refractivity contribution in [2.45, 2.75) is 6.61 Å². The average molecular weight is 423 g/mol. The highest BCUT2D eigenvalue weighted by molar-refractivity contribution is 7.08. The monoisotopic (exact) mass is 422 g/mol. The van der Waals surface area contributed by atoms with Gasteiger partial charge in [-0.2, -0.15) is 20.1 Å². The van der Waals surface area contributed by atoms with Gasteiger partial charge in [0.2, 0.25) is 0 Å². The molecule has 0 spiro atoms. The molecule has 28 heavy (non-hydrogen) atoms. The molecule has 0 saturated heterocycles. The Kier molecular flexibility index (Phi) is 6.23. The van der Waals surface area contributed by atoms with E-state index < -0.39 is 12.5 Å². The summed E-state index contributed by atoms with van der Waals surface area (Å²) >= 11 is 7.28. The Morgan fingerprint density at radius 3 is 2.50 bits per heavy atom. The molecule has 0 aliphatic heterocycles. The Balaban J connectivity index is 1.76. The maximum Gasteiger partial charge on any atom is 0.387 e. The highest BCUT2D eigenvalue weighted by atomic mass is 35.5. The number of alkyl halides is 2. The highest BCUT2D eigenvalue weighted by Crippen LogP contribution is 2.29. The number of halogens is 3. The molecule has 0 aliphatic rings. The molecular formula is C19H13ClF2N2O3S. The van der Waals surface area contributed by atoms with Crippen molar-refractivity contribution >= 4 is 46.1 Å². The molecule has 2 N–H and O–H groups in total. The van der Waals surface area contributed by atoms with E-state index in [4.69, 9.17) is 11.6 Å². The van der Waals surface area contributed by atoms with Gasteiger partial charge in [-0.05, 0) is 41.8 Å². The van der Waals surface area contributed by atoms with Gasteiger partial charge in [0, 0.05) is 11.1 Å². The van der Waals surface area contributed by atoms with Crippen LogP contribution in [0, 0.1) is 0 Å². The van der Waals surface area contributed by atoms with Crippen LogP contribution in [0.25, 0.3) is 0 Å². The Morgan fingerprint density at radius 1 is 1.04 bits per heavy atom. The number of anilines is 2. The predicted molar refractivity (Wildman–Crippen MR) is 105 cm³/mol. The third-order valence-electron chi connectivity index (χ3n) is 3.61. The van der Waals surface area contributed by atoms with E-state index in [0.29, 0.717) is 11.3 Å². The fourth-order valence-electron chi connectivity index (χ4n) is 2.35. The van der Waals surface area contributed by atoms with Crippen molar-refractivity contribution in [2.75, 3.05) is 10.6 Å². The molecular weight excluding hydrogens is 410 g/mol. The first kappa shape index (κ1) is 19.8. The summed E-state index contributed by atoms with van der Waals surface area (Å²) in [6, 6.07) is 12.1. The van der Waals surface area contributed by atoms with Crippen LogP contribution in [0.4, 0.5) is 20.2 Å². The van der Waals surface area contributed by atoms with E-state index in [9.17, 15) is 18.4 Å². The molecule has 9 heteroatoms. The molecule has 0 fully saturated rings. The molecule has 0 aliphatic carbocycles. The lowest BCUT2D eigenvalue weighted by Gasteiger charge is -2.12. The van der Waals surface area contributed by atoms with Crippen molar-refractivity contribution in [3.8, 4) is 5.75 Å². The van der Waals surface area contributed by atoms with Crippen molar-refractivity contribution in [3.05, 3.63) is 75.4 Å². The van der Waals surface area contributed by atoms with Gasteiger partial charge < -0.3 is 15.4 Å². The molecule has 1 heterocycles. The molecule has 0 atom stereocenters. The number of amides is 2. The molecule has 144 valence electrons. The zero-order valence-electron chi connectivity index (χ0n) is 14.1. The third-order valence-corrected chi connectivity index (χ3v) is 4.59. The quantitative estimate of drug-likeness (QED) is 0.550. The Hall–Kier alpha value is -2.97. The first-order valence-electron chi connectivity index (χ1n) is 7.92. The molecule has 5 nitrogen and oxygen atoms in total. The second kappa shape index (κ2) is 8.81. The van der Waals surface area contributed by atoms with Gasteiger partial charge in [-0.3, -0.25) is 9.59 Å². The number of benzene rings is 2. The number of para-hydroxylation sites is 1. The molecule has 0 bridgehead atoms. The van der Waals surface area contributed by atoms with Gasteiger partial charge in [0.05, 0.1) is 21.8 Å². The van der Waals surface area contributed by atoms with Gasteiger partial charge >= 0.3 is 6.61 Å². The summed E-state index contributed by atoms with van der Waals surface area (Å²) < 4.78 is 28.9. The van der Waals surface area contributed by atoms with Crippen LogP contribution in [0.2, 0.25) is 5.02 Å². The number of carbonyl (C=O) groups excluding carboxylic acids is 2. The van der Waals surface area contributed by atoms with Crippen LogP contribution in [0.3, 0.4) is 0 Å². The second-order valence-electron chi connectivity index (χ2n) is 5.49. The molecule has 2 aromatic carbocycles. The lowest BCUT2D eigenvalue weighted by molar-refractivity contribution is -0.0497. The average Bonchev–Trinajstić information content (AvgIpc) is 3.19. The number of hydrogen-bond donors (Lipinski definition) is 2. The van der Waals surface area contributed by atoms with E-state index in [-0.39, 0.29) is 27.9 Å². The predicted octanol–water partition coefficient (Wildman–Crippen LogP) is 5.51. The standard InChI is InChI=1S/C19H13ClF2N2O3S/c20-14-9-12(5-6-16(14)27-19(21)22)23-18(26)13-3-1-2-4-15(13)24-17(25)11-7-8-28-10-11/h1-10,19H,(H,23,26)(H,24,25). The Morgan fingerprint density at radius 2 is 1.82 bits per heavy atom. The zero-order chi connectivity index (χ0) is 20.1. The molecule has 3 aromatic rings. The number of thiophene rings is 1. The van der Waals surface area contributed by atoms with Crippen molar-refractivity contribution in [1.82, 2.24) is 0 Å². The lowest BCUT2D eigenvalue weighted by Crippen LogP contribution is -2.18. The Labute approximate surface area is 167 Å². The van der Waals surface area contributed by atoms with E-state index in [1.807, 2.05) is 0 Å². The SMILES string of the molecule is O=C(Nc1ccccc1C(=O)Nc1ccc(OC(F)F)c(Cl)c1)c1ccsc1. The van der Waals surface area contributed by atoms with E-state index in [2.05, 4.69) is 15.4 Å². The van der Waals surface area contributed by atoms with Crippen molar-refractivity contribution in [1.29, 1.82) is 0 Å². The summed E-state index contributed by atoms with van der Waals surface area (Å²) in [6.45, 7) is -3.00. The van der Waals surface area contributed by atoms with Crippen LogP contribution in [0.5, 0.6) is 5.75 Å². The normalized spacial score (nSPS) is 10.6. The first-order valence-corrected chi connectivity index (χ1v) is 9.24. The molecule has 2 amide bonds. The van der Waals surface area contributed by atoms with E-state index in [1.165, 1.54) is 29.5 Å². The molecule has 0 radical (unpaired) electrons. The van der Waals surface area contributed by atoms with E-state index in [0.717, 1.165) is 0 Å². The van der Waals surface area contributed by atoms with Crippen LogP contribution in [0.1, 0.15) is 20.7 Å². The maximum atomic E-state index is 12.6. The minimum absolute atomic E-state index is 0.0721. The first-order chi connectivity index (χ1) is 13.4. The minimum Gasteiger partial charge on any atom is -0.433 e. The minimum atomic E-state index is -3.00. The van der Waals surface area contributed by atoms with Gasteiger partial charge in [-0.25, -0.2) is 0 Å². The zero-order valence-corrected chi connectivity index (χ0v) is 15.7. The maximum absolute atomic E-state index is 12.6. The lowest BCUT2D eigenvalue weighted by atomic mass is 10.1. The Bertz CT molecular complexity index is 997. The van der Waals surface area contributed by atoms with E-state index in [1.54, 1.807) is 41.1 Å². The second-order valence-corrected chi connectivity index (χ2v) is 6.68. The summed E-state index contributed by atoms with van der Waals surface area (Å²) in [5, 5.41) is 8.71. The van der Waals surface area contributed by atoms with Crippen molar-refractivity contribution in [3.63, 3.8) is 0 Å². The summed E-state index contributed by atoms with van der Waals surface area (Å²) in [7, 11) is 0. The third kappa shape index (κ3) is 4.85. The van der Waals surface area contributed by atoms with Gasteiger partial charge in [0.25, 0.3) is 11.8 Å². The number of nitrogens with one attached hydrogen (secondary N) is 2.